The molecule has 0 aliphatic heterocycles. The fraction of sp³-hybridized carbons (Fsp3) is 0.600. The summed E-state index contributed by atoms with van der Waals surface area (Å²) in [5.41, 5.74) is 0.822. The molecule has 2 aromatic rings. The molecule has 2 aromatic carbocycles. The summed E-state index contributed by atoms with van der Waals surface area (Å²) in [7, 11) is -4.78. The number of nitrogens with zero attached hydrogens (tertiary/aromatic N) is 1. The molecule has 14 heteroatoms. The van der Waals surface area contributed by atoms with Gasteiger partial charge in [-0.2, -0.15) is 0 Å². The topological polar surface area (TPSA) is 116 Å². The lowest BCUT2D eigenvalue weighted by Crippen LogP contribution is -2.34. The number of anilines is 1. The molecule has 0 aliphatic rings. The van der Waals surface area contributed by atoms with Crippen LogP contribution in [0.5, 0.6) is 17.2 Å². The van der Waals surface area contributed by atoms with Crippen LogP contribution >= 0.6 is 15.9 Å². The van der Waals surface area contributed by atoms with Crippen molar-refractivity contribution >= 4 is 47.8 Å². The van der Waals surface area contributed by atoms with Gasteiger partial charge in [-0.3, -0.25) is 0 Å². The third kappa shape index (κ3) is 14.6. The number of benzene rings is 2. The van der Waals surface area contributed by atoms with E-state index in [1.54, 1.807) is 25.3 Å². The zero-order valence-electron chi connectivity index (χ0n) is 27.4. The fourth-order valence-electron chi connectivity index (χ4n) is 3.82. The first-order chi connectivity index (χ1) is 20.5. The molecule has 0 aromatic heterocycles. The average Bonchev–Trinajstić information content (AvgIpc) is 2.91. The van der Waals surface area contributed by atoms with Gasteiger partial charge in [-0.25, -0.2) is 12.7 Å². The van der Waals surface area contributed by atoms with Gasteiger partial charge in [-0.1, -0.05) is 61.3 Å². The van der Waals surface area contributed by atoms with E-state index in [2.05, 4.69) is 60.5 Å². The molecule has 0 spiro atoms. The molecule has 0 saturated carbocycles. The molecule has 0 amide bonds. The molecule has 250 valence electrons. The SMILES string of the molecule is COc1cc(Br)ccc1OCCNCC(O)c1ccc(OCOCC[Si](C)(C)C)c(N(COCC[Si](C)(C)C)S(C)(=O)=O)c1. The second kappa shape index (κ2) is 17.9. The number of rotatable bonds is 21. The Hall–Kier alpha value is -1.66. The molecule has 0 aliphatic carbocycles. The van der Waals surface area contributed by atoms with Gasteiger partial charge in [-0.05, 0) is 48.0 Å². The van der Waals surface area contributed by atoms with Crippen molar-refractivity contribution in [2.45, 2.75) is 57.5 Å². The van der Waals surface area contributed by atoms with Crippen molar-refractivity contribution in [3.8, 4) is 17.2 Å². The molecule has 0 saturated heterocycles. The van der Waals surface area contributed by atoms with Crippen molar-refractivity contribution in [3.63, 3.8) is 0 Å². The maximum atomic E-state index is 12.9. The highest BCUT2D eigenvalue weighted by Crippen LogP contribution is 2.34. The van der Waals surface area contributed by atoms with Gasteiger partial charge in [0.2, 0.25) is 10.0 Å². The van der Waals surface area contributed by atoms with Gasteiger partial charge >= 0.3 is 0 Å². The minimum absolute atomic E-state index is 0.0157. The summed E-state index contributed by atoms with van der Waals surface area (Å²) in [5, 5.41) is 14.2. The number of ether oxygens (including phenoxy) is 5. The summed E-state index contributed by atoms with van der Waals surface area (Å²) in [6, 6.07) is 12.4. The molecular weight excluding hydrogens is 684 g/mol. The van der Waals surface area contributed by atoms with E-state index in [4.69, 9.17) is 23.7 Å². The van der Waals surface area contributed by atoms with Crippen molar-refractivity contribution in [2.24, 2.45) is 0 Å². The molecule has 0 heterocycles. The Morgan fingerprint density at radius 2 is 1.52 bits per heavy atom. The minimum Gasteiger partial charge on any atom is -0.493 e. The molecular formula is C30H51BrN2O8SSi2. The zero-order valence-corrected chi connectivity index (χ0v) is 31.8. The first-order valence-electron chi connectivity index (χ1n) is 14.8. The first-order valence-corrected chi connectivity index (χ1v) is 24.8. The van der Waals surface area contributed by atoms with Crippen LogP contribution in [0.2, 0.25) is 51.4 Å². The Morgan fingerprint density at radius 3 is 2.14 bits per heavy atom. The van der Waals surface area contributed by atoms with Crippen molar-refractivity contribution in [1.82, 2.24) is 5.32 Å². The van der Waals surface area contributed by atoms with Gasteiger partial charge in [0.15, 0.2) is 18.3 Å². The molecule has 0 fully saturated rings. The minimum atomic E-state index is -3.74. The monoisotopic (exact) mass is 734 g/mol. The maximum absolute atomic E-state index is 12.9. The van der Waals surface area contributed by atoms with E-state index >= 15 is 0 Å². The number of methoxy groups -OCH3 is 1. The quantitative estimate of drug-likeness (QED) is 0.0915. The molecule has 2 N–H and O–H groups in total. The number of halogens is 1. The van der Waals surface area contributed by atoms with E-state index in [0.717, 1.165) is 22.8 Å². The van der Waals surface area contributed by atoms with Crippen molar-refractivity contribution in [1.29, 1.82) is 0 Å². The lowest BCUT2D eigenvalue weighted by atomic mass is 10.1. The second-order valence-electron chi connectivity index (χ2n) is 13.0. The molecule has 1 atom stereocenters. The number of hydrogen-bond donors (Lipinski definition) is 2. The molecule has 44 heavy (non-hydrogen) atoms. The number of nitrogens with one attached hydrogen (secondary N) is 1. The standard InChI is InChI=1S/C30H51BrN2O8SSi2/c1-37-30-20-25(31)10-12-29(30)40-14-13-32-21-27(34)24-9-11-28(41-23-39-16-18-44(6,7)8)26(19-24)33(42(2,35)36)22-38-15-17-43(3,4)5/h9-12,19-20,27,32,34H,13-18,21-23H2,1-8H3. The van der Waals surface area contributed by atoms with Crippen LogP contribution in [0.15, 0.2) is 40.9 Å². The van der Waals surface area contributed by atoms with Gasteiger partial charge < -0.3 is 34.1 Å². The van der Waals surface area contributed by atoms with E-state index in [-0.39, 0.29) is 25.8 Å². The molecule has 0 radical (unpaired) electrons. The number of hydrogen-bond acceptors (Lipinski definition) is 9. The second-order valence-corrected chi connectivity index (χ2v) is 27.1. The zero-order chi connectivity index (χ0) is 33.0. The molecule has 10 nitrogen and oxygen atoms in total. The molecule has 2 rings (SSSR count). The van der Waals surface area contributed by atoms with Crippen LogP contribution in [0, 0.1) is 0 Å². The van der Waals surface area contributed by atoms with Gasteiger partial charge in [0.1, 0.15) is 19.1 Å². The Balaban J connectivity index is 2.12. The van der Waals surface area contributed by atoms with Crippen LogP contribution in [0.25, 0.3) is 0 Å². The van der Waals surface area contributed by atoms with Crippen molar-refractivity contribution in [2.75, 3.05) is 64.1 Å². The van der Waals surface area contributed by atoms with Crippen LogP contribution in [-0.2, 0) is 19.5 Å². The summed E-state index contributed by atoms with van der Waals surface area (Å²) < 4.78 is 56.6. The Bertz CT molecular complexity index is 1270. The third-order valence-corrected chi connectivity index (χ3v) is 11.5. The van der Waals surface area contributed by atoms with E-state index in [9.17, 15) is 13.5 Å². The van der Waals surface area contributed by atoms with Gasteiger partial charge in [-0.15, -0.1) is 0 Å². The summed E-state index contributed by atoms with van der Waals surface area (Å²) in [6.45, 7) is 15.4. The van der Waals surface area contributed by atoms with E-state index < -0.39 is 32.3 Å². The predicted octanol–water partition coefficient (Wildman–Crippen LogP) is 5.93. The molecule has 1 unspecified atom stereocenters. The first kappa shape index (κ1) is 38.5. The van der Waals surface area contributed by atoms with Gasteiger partial charge in [0, 0.05) is 46.9 Å². The number of aliphatic hydroxyl groups excluding tert-OH is 1. The van der Waals surface area contributed by atoms with Crippen LogP contribution in [-0.4, -0.2) is 89.5 Å². The maximum Gasteiger partial charge on any atom is 0.234 e. The lowest BCUT2D eigenvalue weighted by Gasteiger charge is -2.26. The van der Waals surface area contributed by atoms with Crippen LogP contribution in [0.3, 0.4) is 0 Å². The Morgan fingerprint density at radius 1 is 0.886 bits per heavy atom. The summed E-state index contributed by atoms with van der Waals surface area (Å²) in [4.78, 5) is 0. The smallest absolute Gasteiger partial charge is 0.234 e. The average molecular weight is 736 g/mol. The van der Waals surface area contributed by atoms with Gasteiger partial charge in [0.25, 0.3) is 0 Å². The Labute approximate surface area is 274 Å². The number of sulfonamides is 1. The highest BCUT2D eigenvalue weighted by atomic mass is 79.9. The molecule has 0 bridgehead atoms. The van der Waals surface area contributed by atoms with Crippen LogP contribution < -0.4 is 23.8 Å². The summed E-state index contributed by atoms with van der Waals surface area (Å²) in [5.74, 6) is 1.57. The fourth-order valence-corrected chi connectivity index (χ4v) is 6.44. The largest absolute Gasteiger partial charge is 0.493 e. The van der Waals surface area contributed by atoms with Crippen LogP contribution in [0.1, 0.15) is 11.7 Å². The highest BCUT2D eigenvalue weighted by Gasteiger charge is 2.24. The van der Waals surface area contributed by atoms with Crippen molar-refractivity contribution in [3.05, 3.63) is 46.4 Å². The van der Waals surface area contributed by atoms with E-state index in [1.165, 1.54) is 4.31 Å². The predicted molar refractivity (Wildman–Crippen MR) is 186 cm³/mol. The third-order valence-electron chi connectivity index (χ3n) is 6.54. The Kier molecular flexibility index (Phi) is 15.7. The van der Waals surface area contributed by atoms with E-state index in [1.807, 2.05) is 18.2 Å². The van der Waals surface area contributed by atoms with Crippen LogP contribution in [0.4, 0.5) is 5.69 Å². The summed E-state index contributed by atoms with van der Waals surface area (Å²) in [6.07, 6.45) is 0.223. The number of aliphatic hydroxyl groups is 1. The van der Waals surface area contributed by atoms with E-state index in [0.29, 0.717) is 49.2 Å². The van der Waals surface area contributed by atoms with Crippen molar-refractivity contribution < 1.29 is 37.2 Å². The van der Waals surface area contributed by atoms with Gasteiger partial charge in [0.05, 0.1) is 25.2 Å². The lowest BCUT2D eigenvalue weighted by molar-refractivity contribution is 0.0222. The normalized spacial score (nSPS) is 13.0. The highest BCUT2D eigenvalue weighted by molar-refractivity contribution is 9.10. The summed E-state index contributed by atoms with van der Waals surface area (Å²) >= 11 is 3.41.